The van der Waals surface area contributed by atoms with Gasteiger partial charge in [-0.15, -0.1) is 6.58 Å². The van der Waals surface area contributed by atoms with Crippen molar-refractivity contribution in [3.05, 3.63) is 83.4 Å². The topological polar surface area (TPSA) is 67.9 Å². The zero-order valence-electron chi connectivity index (χ0n) is 14.4. The fourth-order valence-corrected chi connectivity index (χ4v) is 3.22. The monoisotopic (exact) mass is 341 g/mol. The number of nitrogens with zero attached hydrogens (tertiary/aromatic N) is 3. The van der Waals surface area contributed by atoms with Crippen LogP contribution >= 0.6 is 0 Å². The molecule has 2 aromatic carbocycles. The van der Waals surface area contributed by atoms with E-state index in [0.29, 0.717) is 24.2 Å². The Kier molecular flexibility index (Phi) is 5.15. The lowest BCUT2D eigenvalue weighted by atomic mass is 10.1. The van der Waals surface area contributed by atoms with Crippen LogP contribution in [-0.2, 0) is 11.3 Å². The number of benzene rings is 2. The third kappa shape index (κ3) is 3.82. The molecule has 0 spiro atoms. The summed E-state index contributed by atoms with van der Waals surface area (Å²) in [5, 5.41) is 17.9. The van der Waals surface area contributed by atoms with Crippen LogP contribution in [0.4, 0.5) is 0 Å². The molecule has 26 heavy (non-hydrogen) atoms. The molecule has 2 aromatic rings. The average Bonchev–Trinajstić information content (AvgIpc) is 3.48. The molecule has 128 valence electrons. The first-order valence-corrected chi connectivity index (χ1v) is 8.55. The van der Waals surface area contributed by atoms with Crippen LogP contribution in [0.1, 0.15) is 34.6 Å². The van der Waals surface area contributed by atoms with Gasteiger partial charge in [-0.25, -0.2) is 0 Å². The molecular formula is C22H19N3O. The number of carbonyl (C=O) groups excluding carboxylic acids is 1. The highest BCUT2D eigenvalue weighted by atomic mass is 16.2. The van der Waals surface area contributed by atoms with E-state index < -0.39 is 0 Å². The van der Waals surface area contributed by atoms with Crippen LogP contribution in [-0.4, -0.2) is 17.4 Å². The second-order valence-corrected chi connectivity index (χ2v) is 6.50. The van der Waals surface area contributed by atoms with E-state index in [4.69, 9.17) is 10.5 Å². The Morgan fingerprint density at radius 2 is 1.88 bits per heavy atom. The van der Waals surface area contributed by atoms with E-state index in [1.54, 1.807) is 29.2 Å². The minimum atomic E-state index is -0.0259. The van der Waals surface area contributed by atoms with E-state index in [0.717, 1.165) is 17.5 Å². The minimum Gasteiger partial charge on any atom is -0.334 e. The van der Waals surface area contributed by atoms with Gasteiger partial charge in [-0.2, -0.15) is 10.5 Å². The lowest BCUT2D eigenvalue weighted by Crippen LogP contribution is -2.32. The van der Waals surface area contributed by atoms with E-state index in [9.17, 15) is 4.79 Å². The van der Waals surface area contributed by atoms with Gasteiger partial charge in [-0.05, 0) is 47.7 Å². The fraction of sp³-hybridized carbons (Fsp3) is 0.227. The summed E-state index contributed by atoms with van der Waals surface area (Å²) in [7, 11) is 0. The van der Waals surface area contributed by atoms with Crippen LogP contribution in [0.25, 0.3) is 0 Å². The van der Waals surface area contributed by atoms with Crippen molar-refractivity contribution in [3.63, 3.8) is 0 Å². The molecule has 1 aliphatic rings. The van der Waals surface area contributed by atoms with Gasteiger partial charge in [0, 0.05) is 19.0 Å². The smallest absolute Gasteiger partial charge is 0.226 e. The molecule has 0 aromatic heterocycles. The van der Waals surface area contributed by atoms with Crippen LogP contribution in [0.3, 0.4) is 0 Å². The van der Waals surface area contributed by atoms with E-state index in [1.165, 1.54) is 0 Å². The molecule has 3 rings (SSSR count). The first kappa shape index (κ1) is 17.5. The summed E-state index contributed by atoms with van der Waals surface area (Å²) < 4.78 is 0. The Bertz CT molecular complexity index is 902. The molecule has 0 bridgehead atoms. The van der Waals surface area contributed by atoms with Gasteiger partial charge < -0.3 is 4.90 Å². The van der Waals surface area contributed by atoms with Crippen molar-refractivity contribution in [1.82, 2.24) is 4.90 Å². The SMILES string of the molecule is C=CCN(Cc1cccc(C#N)c1)C(=O)[C@H]1C[C@@H]1c1ccc(C#N)cc1. The number of hydrogen-bond donors (Lipinski definition) is 0. The zero-order valence-corrected chi connectivity index (χ0v) is 14.4. The molecule has 1 fully saturated rings. The summed E-state index contributed by atoms with van der Waals surface area (Å²) >= 11 is 0. The van der Waals surface area contributed by atoms with Crippen LogP contribution in [0.5, 0.6) is 0 Å². The van der Waals surface area contributed by atoms with Gasteiger partial charge in [0.15, 0.2) is 0 Å². The highest BCUT2D eigenvalue weighted by molar-refractivity contribution is 5.83. The maximum absolute atomic E-state index is 12.9. The van der Waals surface area contributed by atoms with Crippen molar-refractivity contribution in [3.8, 4) is 12.1 Å². The number of hydrogen-bond acceptors (Lipinski definition) is 3. The van der Waals surface area contributed by atoms with Crippen molar-refractivity contribution < 1.29 is 4.79 Å². The maximum atomic E-state index is 12.9. The van der Waals surface area contributed by atoms with E-state index in [-0.39, 0.29) is 17.7 Å². The molecule has 1 saturated carbocycles. The second kappa shape index (κ2) is 7.68. The Hall–Kier alpha value is -3.37. The maximum Gasteiger partial charge on any atom is 0.226 e. The number of amides is 1. The second-order valence-electron chi connectivity index (χ2n) is 6.50. The van der Waals surface area contributed by atoms with Crippen LogP contribution in [0, 0.1) is 28.6 Å². The number of rotatable bonds is 6. The highest BCUT2D eigenvalue weighted by Gasteiger charge is 2.45. The Morgan fingerprint density at radius 3 is 2.54 bits per heavy atom. The normalized spacial score (nSPS) is 17.6. The first-order chi connectivity index (χ1) is 12.7. The third-order valence-corrected chi connectivity index (χ3v) is 4.67. The van der Waals surface area contributed by atoms with Gasteiger partial charge in [-0.3, -0.25) is 4.79 Å². The van der Waals surface area contributed by atoms with Gasteiger partial charge in [0.2, 0.25) is 5.91 Å². The van der Waals surface area contributed by atoms with E-state index in [2.05, 4.69) is 18.7 Å². The molecule has 1 amide bonds. The number of nitriles is 2. The summed E-state index contributed by atoms with van der Waals surface area (Å²) in [6, 6.07) is 19.0. The lowest BCUT2D eigenvalue weighted by molar-refractivity contribution is -0.132. The van der Waals surface area contributed by atoms with Crippen LogP contribution in [0.15, 0.2) is 61.2 Å². The van der Waals surface area contributed by atoms with Crippen LogP contribution in [0.2, 0.25) is 0 Å². The van der Waals surface area contributed by atoms with Gasteiger partial charge in [0.1, 0.15) is 0 Å². The molecule has 4 heteroatoms. The molecule has 1 aliphatic carbocycles. The summed E-state index contributed by atoms with van der Waals surface area (Å²) in [5.41, 5.74) is 3.26. The third-order valence-electron chi connectivity index (χ3n) is 4.67. The fourth-order valence-electron chi connectivity index (χ4n) is 3.22. The van der Waals surface area contributed by atoms with E-state index in [1.807, 2.05) is 30.3 Å². The average molecular weight is 341 g/mol. The largest absolute Gasteiger partial charge is 0.334 e. The molecule has 0 saturated heterocycles. The summed E-state index contributed by atoms with van der Waals surface area (Å²) in [4.78, 5) is 14.7. The van der Waals surface area contributed by atoms with Gasteiger partial charge in [0.05, 0.1) is 23.3 Å². The summed E-state index contributed by atoms with van der Waals surface area (Å²) in [6.07, 6.45) is 2.56. The summed E-state index contributed by atoms with van der Waals surface area (Å²) in [6.45, 7) is 4.70. The predicted octanol–water partition coefficient (Wildman–Crippen LogP) is 3.75. The predicted molar refractivity (Wildman–Crippen MR) is 98.8 cm³/mol. The van der Waals surface area contributed by atoms with E-state index >= 15 is 0 Å². The molecule has 0 heterocycles. The highest BCUT2D eigenvalue weighted by Crippen LogP contribution is 2.48. The van der Waals surface area contributed by atoms with Gasteiger partial charge in [-0.1, -0.05) is 30.3 Å². The quantitative estimate of drug-likeness (QED) is 0.752. The van der Waals surface area contributed by atoms with Gasteiger partial charge in [0.25, 0.3) is 0 Å². The van der Waals surface area contributed by atoms with Crippen molar-refractivity contribution in [2.24, 2.45) is 5.92 Å². The Labute approximate surface area is 153 Å². The van der Waals surface area contributed by atoms with Crippen molar-refractivity contribution >= 4 is 5.91 Å². The van der Waals surface area contributed by atoms with Crippen molar-refractivity contribution in [2.45, 2.75) is 18.9 Å². The van der Waals surface area contributed by atoms with Gasteiger partial charge >= 0.3 is 0 Å². The minimum absolute atomic E-state index is 0.0259. The standard InChI is InChI=1S/C22H19N3O/c1-2-10-25(15-18-5-3-4-17(11-18)14-24)22(26)21-12-20(21)19-8-6-16(13-23)7-9-19/h2-9,11,20-21H,1,10,12,15H2/t20-,21+/m1/s1. The molecule has 0 N–H and O–H groups in total. The van der Waals surface area contributed by atoms with Crippen LogP contribution < -0.4 is 0 Å². The number of carbonyl (C=O) groups is 1. The molecule has 0 radical (unpaired) electrons. The van der Waals surface area contributed by atoms with Crippen molar-refractivity contribution in [2.75, 3.05) is 6.54 Å². The molecular weight excluding hydrogens is 322 g/mol. The van der Waals surface area contributed by atoms with Crippen molar-refractivity contribution in [1.29, 1.82) is 10.5 Å². The summed E-state index contributed by atoms with van der Waals surface area (Å²) in [5.74, 6) is 0.302. The Morgan fingerprint density at radius 1 is 1.15 bits per heavy atom. The molecule has 2 atom stereocenters. The molecule has 4 nitrogen and oxygen atoms in total. The first-order valence-electron chi connectivity index (χ1n) is 8.55. The Balaban J connectivity index is 1.70. The molecule has 0 unspecified atom stereocenters. The lowest BCUT2D eigenvalue weighted by Gasteiger charge is -2.21. The zero-order chi connectivity index (χ0) is 18.5. The molecule has 0 aliphatic heterocycles.